The van der Waals surface area contributed by atoms with Crippen LogP contribution in [0.4, 0.5) is 8.78 Å². The first-order chi connectivity index (χ1) is 6.00. The summed E-state index contributed by atoms with van der Waals surface area (Å²) in [6.07, 6.45) is -1.80. The zero-order chi connectivity index (χ0) is 10.0. The number of alkyl halides is 2. The van der Waals surface area contributed by atoms with Crippen molar-refractivity contribution in [1.29, 1.82) is 0 Å². The number of halogens is 2. The molecule has 13 heavy (non-hydrogen) atoms. The molecule has 0 aromatic carbocycles. The molecule has 0 atom stereocenters. The molecule has 0 saturated carbocycles. The van der Waals surface area contributed by atoms with E-state index in [-0.39, 0.29) is 0 Å². The monoisotopic (exact) mass is 192 g/mol. The molecule has 1 heterocycles. The minimum absolute atomic E-state index is 0.617. The molecule has 0 amide bonds. The van der Waals surface area contributed by atoms with Crippen molar-refractivity contribution in [2.24, 2.45) is 0 Å². The van der Waals surface area contributed by atoms with Gasteiger partial charge in [-0.3, -0.25) is 4.68 Å². The summed E-state index contributed by atoms with van der Waals surface area (Å²) in [5.74, 6) is -2.07. The maximum Gasteiger partial charge on any atom is 0.360 e. The van der Waals surface area contributed by atoms with Gasteiger partial charge in [0, 0.05) is 0 Å². The van der Waals surface area contributed by atoms with Gasteiger partial charge in [0.15, 0.2) is 5.75 Å². The summed E-state index contributed by atoms with van der Waals surface area (Å²) in [4.78, 5) is 10.3. The molecular weight excluding hydrogens is 186 g/mol. The highest BCUT2D eigenvalue weighted by atomic mass is 19.3. The lowest BCUT2D eigenvalue weighted by Gasteiger charge is -1.96. The fourth-order valence-electron chi connectivity index (χ4n) is 0.798. The molecule has 0 saturated heterocycles. The summed E-state index contributed by atoms with van der Waals surface area (Å²) in [6.45, 7) is -0.735. The van der Waals surface area contributed by atoms with Crippen molar-refractivity contribution >= 4 is 5.97 Å². The van der Waals surface area contributed by atoms with Crippen molar-refractivity contribution < 1.29 is 23.8 Å². The second-order valence-electron chi connectivity index (χ2n) is 2.28. The molecular formula is C6H6F2N2O3. The first-order valence-corrected chi connectivity index (χ1v) is 3.28. The first-order valence-electron chi connectivity index (χ1n) is 3.28. The summed E-state index contributed by atoms with van der Waals surface area (Å²) in [5, 5.41) is 20.5. The quantitative estimate of drug-likeness (QED) is 0.733. The predicted molar refractivity (Wildman–Crippen MR) is 36.9 cm³/mol. The van der Waals surface area contributed by atoms with Crippen LogP contribution in [0, 0.1) is 0 Å². The topological polar surface area (TPSA) is 75.3 Å². The van der Waals surface area contributed by atoms with Gasteiger partial charge >= 0.3 is 5.97 Å². The number of rotatable bonds is 3. The number of carboxylic acid groups (broad SMARTS) is 1. The molecule has 0 aliphatic carbocycles. The van der Waals surface area contributed by atoms with Crippen molar-refractivity contribution in [3.63, 3.8) is 0 Å². The standard InChI is InChI=1S/C6H6F2N2O3/c7-4(8)2-10-1-3(11)5(9-10)6(12)13/h1,4,11H,2H2,(H,12,13). The molecule has 7 heteroatoms. The van der Waals surface area contributed by atoms with Crippen molar-refractivity contribution in [2.75, 3.05) is 0 Å². The van der Waals surface area contributed by atoms with Crippen molar-refractivity contribution in [1.82, 2.24) is 9.78 Å². The van der Waals surface area contributed by atoms with Crippen molar-refractivity contribution in [2.45, 2.75) is 13.0 Å². The van der Waals surface area contributed by atoms with E-state index in [2.05, 4.69) is 5.10 Å². The first kappa shape index (κ1) is 9.43. The summed E-state index contributed by atoms with van der Waals surface area (Å²) >= 11 is 0. The van der Waals surface area contributed by atoms with Crippen LogP contribution in [0.2, 0.25) is 0 Å². The lowest BCUT2D eigenvalue weighted by molar-refractivity contribution is 0.0683. The van der Waals surface area contributed by atoms with E-state index in [4.69, 9.17) is 10.2 Å². The Balaban J connectivity index is 2.89. The van der Waals surface area contributed by atoms with Gasteiger partial charge in [0.1, 0.15) is 6.54 Å². The van der Waals surface area contributed by atoms with E-state index in [1.165, 1.54) is 0 Å². The molecule has 1 aromatic heterocycles. The van der Waals surface area contributed by atoms with Crippen LogP contribution in [0.5, 0.6) is 5.75 Å². The smallest absolute Gasteiger partial charge is 0.360 e. The second-order valence-corrected chi connectivity index (χ2v) is 2.28. The molecule has 0 bridgehead atoms. The van der Waals surface area contributed by atoms with E-state index in [9.17, 15) is 13.6 Å². The van der Waals surface area contributed by atoms with Crippen LogP contribution in [-0.4, -0.2) is 32.4 Å². The number of hydrogen-bond donors (Lipinski definition) is 2. The molecule has 0 unspecified atom stereocenters. The van der Waals surface area contributed by atoms with Crippen LogP contribution in [0.1, 0.15) is 10.5 Å². The number of aromatic carboxylic acids is 1. The number of carbonyl (C=O) groups is 1. The Hall–Kier alpha value is -1.66. The van der Waals surface area contributed by atoms with Gasteiger partial charge < -0.3 is 10.2 Å². The molecule has 72 valence electrons. The van der Waals surface area contributed by atoms with Crippen LogP contribution >= 0.6 is 0 Å². The van der Waals surface area contributed by atoms with Crippen LogP contribution in [-0.2, 0) is 6.54 Å². The summed E-state index contributed by atoms with van der Waals surface area (Å²) < 4.78 is 24.2. The Morgan fingerprint density at radius 1 is 1.69 bits per heavy atom. The number of nitrogens with zero attached hydrogens (tertiary/aromatic N) is 2. The number of aromatic hydroxyl groups is 1. The van der Waals surface area contributed by atoms with Gasteiger partial charge in [-0.2, -0.15) is 5.10 Å². The average Bonchev–Trinajstić information content (AvgIpc) is 2.29. The molecule has 0 fully saturated rings. The largest absolute Gasteiger partial charge is 0.504 e. The maximum absolute atomic E-state index is 11.8. The fraction of sp³-hybridized carbons (Fsp3) is 0.333. The number of carboxylic acids is 1. The Kier molecular flexibility index (Phi) is 2.45. The SMILES string of the molecule is O=C(O)c1nn(CC(F)F)cc1O. The highest BCUT2D eigenvalue weighted by molar-refractivity contribution is 5.88. The Morgan fingerprint density at radius 2 is 2.31 bits per heavy atom. The minimum Gasteiger partial charge on any atom is -0.504 e. The summed E-state index contributed by atoms with van der Waals surface area (Å²) in [7, 11) is 0. The molecule has 0 radical (unpaired) electrons. The van der Waals surface area contributed by atoms with Gasteiger partial charge in [-0.1, -0.05) is 0 Å². The minimum atomic E-state index is -2.64. The molecule has 1 rings (SSSR count). The zero-order valence-electron chi connectivity index (χ0n) is 6.31. The van der Waals surface area contributed by atoms with Crippen molar-refractivity contribution in [3.05, 3.63) is 11.9 Å². The maximum atomic E-state index is 11.8. The normalized spacial score (nSPS) is 10.7. The van der Waals surface area contributed by atoms with E-state index >= 15 is 0 Å². The van der Waals surface area contributed by atoms with Crippen LogP contribution in [0.15, 0.2) is 6.20 Å². The third-order valence-corrected chi connectivity index (χ3v) is 1.27. The predicted octanol–water partition coefficient (Wildman–Crippen LogP) is 0.552. The Bertz CT molecular complexity index is 324. The molecule has 2 N–H and O–H groups in total. The van der Waals surface area contributed by atoms with Crippen molar-refractivity contribution in [3.8, 4) is 5.75 Å². The lowest BCUT2D eigenvalue weighted by Crippen LogP contribution is -2.08. The van der Waals surface area contributed by atoms with Crippen LogP contribution in [0.25, 0.3) is 0 Å². The molecule has 0 aliphatic heterocycles. The third kappa shape index (κ3) is 2.14. The molecule has 0 aliphatic rings. The van der Waals surface area contributed by atoms with Gasteiger partial charge in [-0.05, 0) is 0 Å². The summed E-state index contributed by atoms with van der Waals surface area (Å²) in [6, 6.07) is 0. The van der Waals surface area contributed by atoms with Gasteiger partial charge in [0.2, 0.25) is 5.69 Å². The second kappa shape index (κ2) is 3.38. The zero-order valence-corrected chi connectivity index (χ0v) is 6.31. The van der Waals surface area contributed by atoms with E-state index in [1.807, 2.05) is 0 Å². The van der Waals surface area contributed by atoms with E-state index in [0.29, 0.717) is 4.68 Å². The Labute approximate surface area is 71.2 Å². The highest BCUT2D eigenvalue weighted by Gasteiger charge is 2.16. The lowest BCUT2D eigenvalue weighted by atomic mass is 10.4. The average molecular weight is 192 g/mol. The summed E-state index contributed by atoms with van der Waals surface area (Å²) in [5.41, 5.74) is -0.624. The van der Waals surface area contributed by atoms with E-state index in [0.717, 1.165) is 6.20 Å². The van der Waals surface area contributed by atoms with E-state index < -0.39 is 30.4 Å². The molecule has 0 spiro atoms. The van der Waals surface area contributed by atoms with Gasteiger partial charge in [-0.15, -0.1) is 0 Å². The van der Waals surface area contributed by atoms with Gasteiger partial charge in [0.05, 0.1) is 6.20 Å². The van der Waals surface area contributed by atoms with Crippen LogP contribution < -0.4 is 0 Å². The fourth-order valence-corrected chi connectivity index (χ4v) is 0.798. The van der Waals surface area contributed by atoms with Crippen LogP contribution in [0.3, 0.4) is 0 Å². The third-order valence-electron chi connectivity index (χ3n) is 1.27. The number of hydrogen-bond acceptors (Lipinski definition) is 3. The van der Waals surface area contributed by atoms with Gasteiger partial charge in [0.25, 0.3) is 6.43 Å². The molecule has 1 aromatic rings. The Morgan fingerprint density at radius 3 is 2.69 bits per heavy atom. The highest BCUT2D eigenvalue weighted by Crippen LogP contribution is 2.14. The number of aromatic nitrogens is 2. The van der Waals surface area contributed by atoms with Gasteiger partial charge in [-0.25, -0.2) is 13.6 Å². The van der Waals surface area contributed by atoms with E-state index in [1.54, 1.807) is 0 Å². The molecule has 5 nitrogen and oxygen atoms in total.